The third-order valence-electron chi connectivity index (χ3n) is 3.63. The summed E-state index contributed by atoms with van der Waals surface area (Å²) in [4.78, 5) is 24.2. The molecule has 0 saturated carbocycles. The van der Waals surface area contributed by atoms with Crippen LogP contribution in [-0.2, 0) is 25.5 Å². The highest BCUT2D eigenvalue weighted by atomic mass is 16.5. The highest BCUT2D eigenvalue weighted by molar-refractivity contribution is 5.85. The Hall–Kier alpha value is -1.88. The summed E-state index contributed by atoms with van der Waals surface area (Å²) in [5.74, 6) is -0.562. The SMILES string of the molecule is CCOC(=O)C(Cc1ccccc1)NC(=O)CC1CCCO1. The molecule has 1 saturated heterocycles. The molecule has 1 N–H and O–H groups in total. The third-order valence-corrected chi connectivity index (χ3v) is 3.63. The molecule has 5 nitrogen and oxygen atoms in total. The second-order valence-electron chi connectivity index (χ2n) is 5.40. The van der Waals surface area contributed by atoms with Crippen LogP contribution in [-0.4, -0.2) is 37.2 Å². The lowest BCUT2D eigenvalue weighted by Gasteiger charge is -2.18. The van der Waals surface area contributed by atoms with E-state index in [4.69, 9.17) is 9.47 Å². The standard InChI is InChI=1S/C17H23NO4/c1-2-21-17(20)15(11-13-7-4-3-5-8-13)18-16(19)12-14-9-6-10-22-14/h3-5,7-8,14-15H,2,6,9-12H2,1H3,(H,18,19). The van der Waals surface area contributed by atoms with E-state index in [1.807, 2.05) is 30.3 Å². The van der Waals surface area contributed by atoms with Gasteiger partial charge in [0.15, 0.2) is 0 Å². The summed E-state index contributed by atoms with van der Waals surface area (Å²) in [7, 11) is 0. The van der Waals surface area contributed by atoms with Crippen molar-refractivity contribution < 1.29 is 19.1 Å². The maximum atomic E-state index is 12.1. The van der Waals surface area contributed by atoms with Gasteiger partial charge in [-0.25, -0.2) is 4.79 Å². The van der Waals surface area contributed by atoms with Crippen molar-refractivity contribution in [3.8, 4) is 0 Å². The summed E-state index contributed by atoms with van der Waals surface area (Å²) in [5.41, 5.74) is 0.984. The molecule has 0 spiro atoms. The Balaban J connectivity index is 1.94. The number of nitrogens with one attached hydrogen (secondary N) is 1. The van der Waals surface area contributed by atoms with Crippen LogP contribution in [0.2, 0.25) is 0 Å². The van der Waals surface area contributed by atoms with E-state index in [-0.39, 0.29) is 12.0 Å². The van der Waals surface area contributed by atoms with Crippen molar-refractivity contribution in [2.45, 2.75) is 44.8 Å². The van der Waals surface area contributed by atoms with Crippen LogP contribution in [0, 0.1) is 0 Å². The van der Waals surface area contributed by atoms with Gasteiger partial charge in [-0.2, -0.15) is 0 Å². The molecule has 2 unspecified atom stereocenters. The molecular formula is C17H23NO4. The Morgan fingerprint density at radius 3 is 2.77 bits per heavy atom. The van der Waals surface area contributed by atoms with E-state index in [0.29, 0.717) is 26.1 Å². The second kappa shape index (κ2) is 8.54. The predicted octanol–water partition coefficient (Wildman–Crippen LogP) is 1.85. The second-order valence-corrected chi connectivity index (χ2v) is 5.40. The zero-order valence-electron chi connectivity index (χ0n) is 12.9. The van der Waals surface area contributed by atoms with Crippen molar-refractivity contribution in [1.82, 2.24) is 5.32 Å². The van der Waals surface area contributed by atoms with E-state index in [9.17, 15) is 9.59 Å². The van der Waals surface area contributed by atoms with Crippen LogP contribution in [0.25, 0.3) is 0 Å². The highest BCUT2D eigenvalue weighted by Gasteiger charge is 2.25. The Morgan fingerprint density at radius 2 is 2.14 bits per heavy atom. The molecule has 2 rings (SSSR count). The topological polar surface area (TPSA) is 64.6 Å². The fraction of sp³-hybridized carbons (Fsp3) is 0.529. The summed E-state index contributed by atoms with van der Waals surface area (Å²) < 4.78 is 10.5. The number of hydrogen-bond donors (Lipinski definition) is 1. The molecule has 0 aliphatic carbocycles. The summed E-state index contributed by atoms with van der Waals surface area (Å²) >= 11 is 0. The summed E-state index contributed by atoms with van der Waals surface area (Å²) in [6.07, 6.45) is 2.58. The quantitative estimate of drug-likeness (QED) is 0.781. The molecular weight excluding hydrogens is 282 g/mol. The number of esters is 1. The van der Waals surface area contributed by atoms with Crippen LogP contribution in [0.3, 0.4) is 0 Å². The molecule has 1 aliphatic heterocycles. The maximum Gasteiger partial charge on any atom is 0.328 e. The van der Waals surface area contributed by atoms with E-state index in [2.05, 4.69) is 5.32 Å². The Labute approximate surface area is 131 Å². The predicted molar refractivity (Wildman–Crippen MR) is 82.3 cm³/mol. The first-order valence-corrected chi connectivity index (χ1v) is 7.80. The smallest absolute Gasteiger partial charge is 0.328 e. The van der Waals surface area contributed by atoms with Crippen molar-refractivity contribution >= 4 is 11.9 Å². The summed E-state index contributed by atoms with van der Waals surface area (Å²) in [6.45, 7) is 2.76. The first-order valence-electron chi connectivity index (χ1n) is 7.80. The zero-order valence-corrected chi connectivity index (χ0v) is 12.9. The molecule has 1 heterocycles. The third kappa shape index (κ3) is 5.15. The minimum Gasteiger partial charge on any atom is -0.464 e. The van der Waals surface area contributed by atoms with Crippen LogP contribution in [0.15, 0.2) is 30.3 Å². The fourth-order valence-electron chi connectivity index (χ4n) is 2.55. The van der Waals surface area contributed by atoms with E-state index >= 15 is 0 Å². The van der Waals surface area contributed by atoms with Gasteiger partial charge in [-0.15, -0.1) is 0 Å². The maximum absolute atomic E-state index is 12.1. The van der Waals surface area contributed by atoms with Gasteiger partial charge >= 0.3 is 5.97 Å². The van der Waals surface area contributed by atoms with Crippen molar-refractivity contribution in [2.24, 2.45) is 0 Å². The van der Waals surface area contributed by atoms with Crippen molar-refractivity contribution in [3.05, 3.63) is 35.9 Å². The van der Waals surface area contributed by atoms with Gasteiger partial charge in [-0.3, -0.25) is 4.79 Å². The molecule has 0 aromatic heterocycles. The lowest BCUT2D eigenvalue weighted by Crippen LogP contribution is -2.44. The number of ether oxygens (including phenoxy) is 2. The van der Waals surface area contributed by atoms with Gasteiger partial charge in [0.25, 0.3) is 0 Å². The van der Waals surface area contributed by atoms with E-state index in [1.165, 1.54) is 0 Å². The lowest BCUT2D eigenvalue weighted by atomic mass is 10.1. The van der Waals surface area contributed by atoms with Gasteiger partial charge in [0.1, 0.15) is 6.04 Å². The molecule has 2 atom stereocenters. The first-order chi connectivity index (χ1) is 10.7. The summed E-state index contributed by atoms with van der Waals surface area (Å²) in [6, 6.07) is 8.93. The average Bonchev–Trinajstić information content (AvgIpc) is 3.00. The molecule has 1 aliphatic rings. The molecule has 0 radical (unpaired) electrons. The minimum absolute atomic E-state index is 0.0282. The van der Waals surface area contributed by atoms with Crippen LogP contribution in [0.1, 0.15) is 31.7 Å². The first kappa shape index (κ1) is 16.5. The van der Waals surface area contributed by atoms with Gasteiger partial charge < -0.3 is 14.8 Å². The van der Waals surface area contributed by atoms with E-state index < -0.39 is 12.0 Å². The molecule has 5 heteroatoms. The van der Waals surface area contributed by atoms with Gasteiger partial charge in [-0.1, -0.05) is 30.3 Å². The molecule has 1 amide bonds. The number of amides is 1. The molecule has 1 aromatic rings. The van der Waals surface area contributed by atoms with Crippen LogP contribution in [0.5, 0.6) is 0 Å². The lowest BCUT2D eigenvalue weighted by molar-refractivity contribution is -0.147. The Morgan fingerprint density at radius 1 is 1.36 bits per heavy atom. The monoisotopic (exact) mass is 305 g/mol. The van der Waals surface area contributed by atoms with E-state index in [0.717, 1.165) is 18.4 Å². The van der Waals surface area contributed by atoms with Crippen LogP contribution in [0.4, 0.5) is 0 Å². The van der Waals surface area contributed by atoms with E-state index in [1.54, 1.807) is 6.92 Å². The molecule has 1 fully saturated rings. The number of hydrogen-bond acceptors (Lipinski definition) is 4. The average molecular weight is 305 g/mol. The number of carbonyl (C=O) groups is 2. The zero-order chi connectivity index (χ0) is 15.8. The number of benzene rings is 1. The van der Waals surface area contributed by atoms with Crippen molar-refractivity contribution in [3.63, 3.8) is 0 Å². The minimum atomic E-state index is -0.656. The molecule has 120 valence electrons. The fourth-order valence-corrected chi connectivity index (χ4v) is 2.55. The normalized spacial score (nSPS) is 18.7. The Bertz CT molecular complexity index is 483. The van der Waals surface area contributed by atoms with Gasteiger partial charge in [0, 0.05) is 13.0 Å². The summed E-state index contributed by atoms with van der Waals surface area (Å²) in [5, 5.41) is 2.78. The van der Waals surface area contributed by atoms with Gasteiger partial charge in [-0.05, 0) is 25.3 Å². The largest absolute Gasteiger partial charge is 0.464 e. The molecule has 0 bridgehead atoms. The Kier molecular flexibility index (Phi) is 6.40. The molecule has 1 aromatic carbocycles. The van der Waals surface area contributed by atoms with Crippen molar-refractivity contribution in [1.29, 1.82) is 0 Å². The van der Waals surface area contributed by atoms with Gasteiger partial charge in [0.2, 0.25) is 5.91 Å². The van der Waals surface area contributed by atoms with Crippen LogP contribution < -0.4 is 5.32 Å². The van der Waals surface area contributed by atoms with Gasteiger partial charge in [0.05, 0.1) is 19.1 Å². The van der Waals surface area contributed by atoms with Crippen molar-refractivity contribution in [2.75, 3.05) is 13.2 Å². The number of rotatable bonds is 7. The molecule has 22 heavy (non-hydrogen) atoms. The van der Waals surface area contributed by atoms with Crippen LogP contribution >= 0.6 is 0 Å². The highest BCUT2D eigenvalue weighted by Crippen LogP contribution is 2.15. The number of carbonyl (C=O) groups excluding carboxylic acids is 2.